The van der Waals surface area contributed by atoms with Gasteiger partial charge < -0.3 is 4.43 Å². The molecule has 0 bridgehead atoms. The van der Waals surface area contributed by atoms with Gasteiger partial charge in [0.25, 0.3) is 0 Å². The number of hydrogen-bond acceptors (Lipinski definition) is 2. The first-order chi connectivity index (χ1) is 14.6. The van der Waals surface area contributed by atoms with Gasteiger partial charge in [0.1, 0.15) is 5.60 Å². The molecule has 1 saturated carbocycles. The molecule has 1 aliphatic carbocycles. The zero-order valence-electron chi connectivity index (χ0n) is 19.6. The van der Waals surface area contributed by atoms with E-state index >= 15 is 0 Å². The van der Waals surface area contributed by atoms with Crippen molar-refractivity contribution in [2.45, 2.75) is 82.0 Å². The summed E-state index contributed by atoms with van der Waals surface area (Å²) in [6, 6.07) is 22.2. The maximum Gasteiger partial charge on any atom is 0.193 e. The predicted octanol–water partition coefficient (Wildman–Crippen LogP) is 7.02. The Morgan fingerprint density at radius 2 is 1.52 bits per heavy atom. The molecular formula is C25H36BrNO2SSi. The molecule has 3 atom stereocenters. The van der Waals surface area contributed by atoms with Gasteiger partial charge in [0.15, 0.2) is 8.32 Å². The Labute approximate surface area is 200 Å². The Morgan fingerprint density at radius 3 is 2.00 bits per heavy atom. The van der Waals surface area contributed by atoms with Crippen LogP contribution in [0.2, 0.25) is 18.1 Å². The third kappa shape index (κ3) is 4.65. The smallest absolute Gasteiger partial charge is 0.193 e. The molecule has 1 aliphatic rings. The lowest BCUT2D eigenvalue weighted by molar-refractivity contribution is 0.131. The van der Waals surface area contributed by atoms with Gasteiger partial charge in [-0.1, -0.05) is 79.2 Å². The van der Waals surface area contributed by atoms with Gasteiger partial charge >= 0.3 is 0 Å². The van der Waals surface area contributed by atoms with E-state index in [9.17, 15) is 4.21 Å². The Hall–Kier alpha value is -0.793. The van der Waals surface area contributed by atoms with Crippen LogP contribution in [0.4, 0.5) is 0 Å². The van der Waals surface area contributed by atoms with Crippen LogP contribution >= 0.6 is 15.9 Å². The van der Waals surface area contributed by atoms with Crippen LogP contribution in [0.5, 0.6) is 0 Å². The third-order valence-corrected chi connectivity index (χ3v) is 13.6. The highest BCUT2D eigenvalue weighted by atomic mass is 79.9. The minimum absolute atomic E-state index is 0.373. The summed E-state index contributed by atoms with van der Waals surface area (Å²) in [7, 11) is -3.18. The molecular weight excluding hydrogens is 486 g/mol. The standard InChI is InChI=1S/C25H36BrNO2SSi/c1-7-31(8-2,9-3)29-25(21-13-11-10-12-14-21)19-24(25,27-30(28)23(4,5)6)20-15-17-22(26)18-16-20/h10-18,27H,7-9,19H2,1-6H3/t24-,25+,30-/m1/s1. The van der Waals surface area contributed by atoms with E-state index < -0.39 is 30.4 Å². The summed E-state index contributed by atoms with van der Waals surface area (Å²) >= 11 is 3.57. The number of benzene rings is 2. The Bertz CT molecular complexity index is 903. The molecule has 0 spiro atoms. The Kier molecular flexibility index (Phi) is 7.39. The molecule has 0 radical (unpaired) electrons. The maximum atomic E-state index is 13.4. The molecule has 31 heavy (non-hydrogen) atoms. The summed E-state index contributed by atoms with van der Waals surface area (Å²) in [4.78, 5) is 0. The molecule has 3 nitrogen and oxygen atoms in total. The van der Waals surface area contributed by atoms with E-state index in [4.69, 9.17) is 4.43 Å². The molecule has 0 heterocycles. The monoisotopic (exact) mass is 521 g/mol. The van der Waals surface area contributed by atoms with E-state index in [0.717, 1.165) is 34.6 Å². The van der Waals surface area contributed by atoms with E-state index in [0.29, 0.717) is 0 Å². The van der Waals surface area contributed by atoms with Crippen molar-refractivity contribution in [2.75, 3.05) is 0 Å². The zero-order chi connectivity index (χ0) is 22.9. The molecule has 0 unspecified atom stereocenters. The molecule has 0 amide bonds. The van der Waals surface area contributed by atoms with Crippen LogP contribution in [0.25, 0.3) is 0 Å². The van der Waals surface area contributed by atoms with Crippen molar-refractivity contribution in [1.82, 2.24) is 4.72 Å². The second-order valence-electron chi connectivity index (χ2n) is 9.61. The predicted molar refractivity (Wildman–Crippen MR) is 138 cm³/mol. The first kappa shape index (κ1) is 24.8. The molecule has 6 heteroatoms. The van der Waals surface area contributed by atoms with Crippen molar-refractivity contribution in [3.05, 3.63) is 70.2 Å². The molecule has 170 valence electrons. The maximum absolute atomic E-state index is 13.4. The van der Waals surface area contributed by atoms with Crippen molar-refractivity contribution >= 4 is 35.2 Å². The number of halogens is 1. The normalized spacial score (nSPS) is 24.7. The topological polar surface area (TPSA) is 38.3 Å². The first-order valence-electron chi connectivity index (χ1n) is 11.3. The summed E-state index contributed by atoms with van der Waals surface area (Å²) in [5.74, 6) is 0. The number of rotatable bonds is 9. The minimum Gasteiger partial charge on any atom is -0.405 e. The molecule has 3 rings (SSSR count). The molecule has 2 aromatic rings. The van der Waals surface area contributed by atoms with Crippen molar-refractivity contribution in [3.63, 3.8) is 0 Å². The minimum atomic E-state index is -1.95. The van der Waals surface area contributed by atoms with E-state index in [1.165, 1.54) is 5.56 Å². The van der Waals surface area contributed by atoms with Crippen LogP contribution in [0, 0.1) is 0 Å². The fourth-order valence-corrected chi connectivity index (χ4v) is 8.74. The molecule has 0 aromatic heterocycles. The van der Waals surface area contributed by atoms with Crippen molar-refractivity contribution in [1.29, 1.82) is 0 Å². The zero-order valence-corrected chi connectivity index (χ0v) is 23.0. The van der Waals surface area contributed by atoms with E-state index in [1.807, 2.05) is 26.8 Å². The van der Waals surface area contributed by atoms with Crippen LogP contribution < -0.4 is 4.72 Å². The van der Waals surface area contributed by atoms with E-state index in [-0.39, 0.29) is 4.75 Å². The van der Waals surface area contributed by atoms with Crippen LogP contribution in [0.3, 0.4) is 0 Å². The molecule has 2 aromatic carbocycles. The average molecular weight is 523 g/mol. The van der Waals surface area contributed by atoms with Crippen LogP contribution in [-0.2, 0) is 26.6 Å². The molecule has 1 fully saturated rings. The lowest BCUT2D eigenvalue weighted by atomic mass is 9.97. The van der Waals surface area contributed by atoms with Gasteiger partial charge in [-0.2, -0.15) is 0 Å². The van der Waals surface area contributed by atoms with E-state index in [1.54, 1.807) is 0 Å². The highest BCUT2D eigenvalue weighted by Crippen LogP contribution is 2.66. The largest absolute Gasteiger partial charge is 0.405 e. The van der Waals surface area contributed by atoms with Gasteiger partial charge in [-0.25, -0.2) is 8.93 Å². The van der Waals surface area contributed by atoms with Gasteiger partial charge in [-0.15, -0.1) is 0 Å². The lowest BCUT2D eigenvalue weighted by Gasteiger charge is -2.38. The summed E-state index contributed by atoms with van der Waals surface area (Å²) < 4.78 is 25.0. The summed E-state index contributed by atoms with van der Waals surface area (Å²) in [6.07, 6.45) is 0.780. The summed E-state index contributed by atoms with van der Waals surface area (Å²) in [5.41, 5.74) is 1.26. The quantitative estimate of drug-likeness (QED) is 0.360. The highest BCUT2D eigenvalue weighted by molar-refractivity contribution is 9.10. The lowest BCUT2D eigenvalue weighted by Crippen LogP contribution is -2.48. The number of nitrogens with one attached hydrogen (secondary N) is 1. The van der Waals surface area contributed by atoms with E-state index in [2.05, 4.69) is 90.0 Å². The molecule has 0 saturated heterocycles. The average Bonchev–Trinajstić information content (AvgIpc) is 3.41. The van der Waals surface area contributed by atoms with Gasteiger partial charge in [0.2, 0.25) is 0 Å². The van der Waals surface area contributed by atoms with Gasteiger partial charge in [0.05, 0.1) is 21.3 Å². The third-order valence-electron chi connectivity index (χ3n) is 6.80. The second kappa shape index (κ2) is 9.22. The fourth-order valence-electron chi connectivity index (χ4n) is 4.46. The van der Waals surface area contributed by atoms with Crippen LogP contribution in [-0.4, -0.2) is 17.3 Å². The SMILES string of the molecule is CC[Si](CC)(CC)O[C@]1(c2ccccc2)C[C@@]1(N[S@](=O)C(C)(C)C)c1ccc(Br)cc1. The van der Waals surface area contributed by atoms with Crippen molar-refractivity contribution in [2.24, 2.45) is 0 Å². The van der Waals surface area contributed by atoms with Crippen LogP contribution in [0.15, 0.2) is 59.1 Å². The Balaban J connectivity index is 2.19. The molecule has 0 aliphatic heterocycles. The number of hydrogen-bond donors (Lipinski definition) is 1. The summed E-state index contributed by atoms with van der Waals surface area (Å²) in [6.45, 7) is 12.8. The first-order valence-corrected chi connectivity index (χ1v) is 15.8. The van der Waals surface area contributed by atoms with Gasteiger partial charge in [-0.3, -0.25) is 0 Å². The molecule has 1 N–H and O–H groups in total. The van der Waals surface area contributed by atoms with Crippen molar-refractivity contribution in [3.8, 4) is 0 Å². The Morgan fingerprint density at radius 1 is 0.968 bits per heavy atom. The fraction of sp³-hybridized carbons (Fsp3) is 0.520. The van der Waals surface area contributed by atoms with Crippen molar-refractivity contribution < 1.29 is 8.63 Å². The summed E-state index contributed by atoms with van der Waals surface area (Å²) in [5, 5.41) is 0. The van der Waals surface area contributed by atoms with Gasteiger partial charge in [-0.05, 0) is 62.2 Å². The highest BCUT2D eigenvalue weighted by Gasteiger charge is 2.73. The second-order valence-corrected chi connectivity index (χ2v) is 17.2. The van der Waals surface area contributed by atoms with Gasteiger partial charge in [0, 0.05) is 10.9 Å². The van der Waals surface area contributed by atoms with Crippen LogP contribution in [0.1, 0.15) is 59.1 Å².